The third-order valence-corrected chi connectivity index (χ3v) is 3.29. The number of hydrogen-bond donors (Lipinski definition) is 1. The predicted molar refractivity (Wildman–Crippen MR) is 63.1 cm³/mol. The first-order valence-electron chi connectivity index (χ1n) is 5.90. The van der Waals surface area contributed by atoms with Gasteiger partial charge in [-0.3, -0.25) is 0 Å². The average molecular weight is 216 g/mol. The maximum absolute atomic E-state index is 4.39. The maximum Gasteiger partial charge on any atom is 0.159 e. The number of aromatic nitrogens is 3. The third kappa shape index (κ3) is 1.80. The summed E-state index contributed by atoms with van der Waals surface area (Å²) in [6.07, 6.45) is 6.27. The molecule has 0 unspecified atom stereocenters. The molecule has 0 aromatic carbocycles. The first-order chi connectivity index (χ1) is 7.93. The summed E-state index contributed by atoms with van der Waals surface area (Å²) in [7, 11) is 0. The van der Waals surface area contributed by atoms with E-state index in [-0.39, 0.29) is 0 Å². The summed E-state index contributed by atoms with van der Waals surface area (Å²) in [6.45, 7) is 3.34. The van der Waals surface area contributed by atoms with Gasteiger partial charge in [-0.2, -0.15) is 0 Å². The molecule has 0 aliphatic carbocycles. The molecule has 1 fully saturated rings. The van der Waals surface area contributed by atoms with Gasteiger partial charge in [-0.1, -0.05) is 0 Å². The molecule has 1 aliphatic heterocycles. The van der Waals surface area contributed by atoms with Crippen molar-refractivity contribution in [3.05, 3.63) is 24.7 Å². The van der Waals surface area contributed by atoms with Crippen LogP contribution in [0.1, 0.15) is 12.8 Å². The molecule has 2 aromatic rings. The lowest BCUT2D eigenvalue weighted by Crippen LogP contribution is -2.29. The maximum atomic E-state index is 4.39. The molecular weight excluding hydrogens is 200 g/mol. The van der Waals surface area contributed by atoms with Gasteiger partial charge in [0, 0.05) is 12.7 Å². The summed E-state index contributed by atoms with van der Waals surface area (Å²) >= 11 is 0. The first kappa shape index (κ1) is 9.78. The minimum absolute atomic E-state index is 0.764. The molecule has 2 aromatic heterocycles. The molecule has 84 valence electrons. The van der Waals surface area contributed by atoms with Crippen molar-refractivity contribution in [3.63, 3.8) is 0 Å². The van der Waals surface area contributed by atoms with Crippen molar-refractivity contribution in [1.29, 1.82) is 0 Å². The molecule has 16 heavy (non-hydrogen) atoms. The monoisotopic (exact) mass is 216 g/mol. The van der Waals surface area contributed by atoms with Crippen LogP contribution in [0.15, 0.2) is 24.7 Å². The van der Waals surface area contributed by atoms with Gasteiger partial charge in [0.2, 0.25) is 0 Å². The van der Waals surface area contributed by atoms with Crippen LogP contribution < -0.4 is 5.32 Å². The van der Waals surface area contributed by atoms with Crippen molar-refractivity contribution in [3.8, 4) is 0 Å². The van der Waals surface area contributed by atoms with Crippen molar-refractivity contribution in [2.45, 2.75) is 19.4 Å². The van der Waals surface area contributed by atoms with Crippen LogP contribution >= 0.6 is 0 Å². The van der Waals surface area contributed by atoms with Crippen molar-refractivity contribution in [1.82, 2.24) is 19.9 Å². The molecule has 0 bridgehead atoms. The zero-order chi connectivity index (χ0) is 10.8. The van der Waals surface area contributed by atoms with E-state index in [1.165, 1.54) is 12.8 Å². The lowest BCUT2D eigenvalue weighted by atomic mass is 9.98. The second-order valence-electron chi connectivity index (χ2n) is 4.44. The molecular formula is C12H16N4. The lowest BCUT2D eigenvalue weighted by molar-refractivity contribution is 0.336. The smallest absolute Gasteiger partial charge is 0.159 e. The van der Waals surface area contributed by atoms with Gasteiger partial charge >= 0.3 is 0 Å². The Bertz CT molecular complexity index is 471. The van der Waals surface area contributed by atoms with Gasteiger partial charge < -0.3 is 9.88 Å². The number of piperidine rings is 1. The fraction of sp³-hybridized carbons (Fsp3) is 0.500. The molecule has 1 aliphatic rings. The number of hydrogen-bond acceptors (Lipinski definition) is 3. The molecule has 0 saturated carbocycles. The van der Waals surface area contributed by atoms with Crippen LogP contribution in [0.4, 0.5) is 0 Å². The predicted octanol–water partition coefficient (Wildman–Crippen LogP) is 1.43. The Kier molecular flexibility index (Phi) is 2.58. The number of pyridine rings is 1. The van der Waals surface area contributed by atoms with Crippen molar-refractivity contribution in [2.75, 3.05) is 13.1 Å². The second-order valence-corrected chi connectivity index (χ2v) is 4.44. The Morgan fingerprint density at radius 2 is 2.19 bits per heavy atom. The van der Waals surface area contributed by atoms with E-state index >= 15 is 0 Å². The van der Waals surface area contributed by atoms with E-state index in [1.807, 2.05) is 24.7 Å². The van der Waals surface area contributed by atoms with Crippen molar-refractivity contribution < 1.29 is 0 Å². The molecule has 4 heteroatoms. The van der Waals surface area contributed by atoms with E-state index in [2.05, 4.69) is 19.9 Å². The number of imidazole rings is 1. The molecule has 1 N–H and O–H groups in total. The number of rotatable bonds is 2. The highest BCUT2D eigenvalue weighted by atomic mass is 15.1. The highest BCUT2D eigenvalue weighted by Crippen LogP contribution is 2.17. The van der Waals surface area contributed by atoms with Crippen molar-refractivity contribution in [2.24, 2.45) is 5.92 Å². The quantitative estimate of drug-likeness (QED) is 0.825. The third-order valence-electron chi connectivity index (χ3n) is 3.29. The molecule has 3 rings (SSSR count). The van der Waals surface area contributed by atoms with E-state index in [4.69, 9.17) is 0 Å². The Morgan fingerprint density at radius 3 is 3.06 bits per heavy atom. The fourth-order valence-electron chi connectivity index (χ4n) is 2.37. The first-order valence-corrected chi connectivity index (χ1v) is 5.90. The fourth-order valence-corrected chi connectivity index (χ4v) is 2.37. The normalized spacial score (nSPS) is 18.0. The summed E-state index contributed by atoms with van der Waals surface area (Å²) < 4.78 is 2.19. The van der Waals surface area contributed by atoms with Crippen LogP contribution in [0.3, 0.4) is 0 Å². The van der Waals surface area contributed by atoms with Crippen LogP contribution in [0.2, 0.25) is 0 Å². The summed E-state index contributed by atoms with van der Waals surface area (Å²) in [5.74, 6) is 0.764. The molecule has 0 amide bonds. The minimum Gasteiger partial charge on any atom is -0.317 e. The molecule has 0 spiro atoms. The Labute approximate surface area is 94.7 Å². The highest BCUT2D eigenvalue weighted by molar-refractivity contribution is 5.69. The number of fused-ring (bicyclic) bond motifs is 1. The van der Waals surface area contributed by atoms with E-state index in [1.54, 1.807) is 0 Å². The minimum atomic E-state index is 0.764. The number of nitrogens with one attached hydrogen (secondary N) is 1. The van der Waals surface area contributed by atoms with Crippen LogP contribution in [0, 0.1) is 5.92 Å². The van der Waals surface area contributed by atoms with Gasteiger partial charge in [-0.15, -0.1) is 0 Å². The summed E-state index contributed by atoms with van der Waals surface area (Å²) in [5, 5.41) is 3.39. The van der Waals surface area contributed by atoms with Gasteiger partial charge in [-0.05, 0) is 44.0 Å². The van der Waals surface area contributed by atoms with Gasteiger partial charge in [0.05, 0.1) is 6.33 Å². The van der Waals surface area contributed by atoms with Gasteiger partial charge in [0.25, 0.3) is 0 Å². The van der Waals surface area contributed by atoms with E-state index < -0.39 is 0 Å². The summed E-state index contributed by atoms with van der Waals surface area (Å²) in [5.41, 5.74) is 2.01. The Hall–Kier alpha value is -1.42. The number of nitrogens with zero attached hydrogens (tertiary/aromatic N) is 3. The standard InChI is InChI=1S/C12H16N4/c1-2-11-12(14-5-1)16(9-15-11)8-10-3-6-13-7-4-10/h1-2,5,9-10,13H,3-4,6-8H2. The van der Waals surface area contributed by atoms with E-state index in [0.29, 0.717) is 0 Å². The largest absolute Gasteiger partial charge is 0.317 e. The summed E-state index contributed by atoms with van der Waals surface area (Å²) in [4.78, 5) is 8.76. The van der Waals surface area contributed by atoms with Crippen molar-refractivity contribution >= 4 is 11.2 Å². The highest BCUT2D eigenvalue weighted by Gasteiger charge is 2.14. The SMILES string of the molecule is c1cnc2c(c1)ncn2CC1CCNCC1. The molecule has 0 atom stereocenters. The molecule has 3 heterocycles. The van der Waals surface area contributed by atoms with Crippen LogP contribution in [0.25, 0.3) is 11.2 Å². The second kappa shape index (κ2) is 4.22. The Balaban J connectivity index is 1.83. The van der Waals surface area contributed by atoms with Gasteiger partial charge in [0.1, 0.15) is 5.52 Å². The van der Waals surface area contributed by atoms with E-state index in [0.717, 1.165) is 36.7 Å². The zero-order valence-corrected chi connectivity index (χ0v) is 9.26. The molecule has 0 radical (unpaired) electrons. The lowest BCUT2D eigenvalue weighted by Gasteiger charge is -2.22. The van der Waals surface area contributed by atoms with Gasteiger partial charge in [-0.25, -0.2) is 9.97 Å². The average Bonchev–Trinajstić information content (AvgIpc) is 2.74. The van der Waals surface area contributed by atoms with E-state index in [9.17, 15) is 0 Å². The van der Waals surface area contributed by atoms with Gasteiger partial charge in [0.15, 0.2) is 5.65 Å². The molecule has 4 nitrogen and oxygen atoms in total. The summed E-state index contributed by atoms with van der Waals surface area (Å²) in [6, 6.07) is 3.95. The van der Waals surface area contributed by atoms with Crippen LogP contribution in [-0.4, -0.2) is 27.6 Å². The molecule has 1 saturated heterocycles. The topological polar surface area (TPSA) is 42.7 Å². The van der Waals surface area contributed by atoms with Crippen LogP contribution in [0.5, 0.6) is 0 Å². The Morgan fingerprint density at radius 1 is 1.31 bits per heavy atom. The van der Waals surface area contributed by atoms with Crippen LogP contribution in [-0.2, 0) is 6.54 Å². The zero-order valence-electron chi connectivity index (χ0n) is 9.26.